The summed E-state index contributed by atoms with van der Waals surface area (Å²) in [6.07, 6.45) is 1.03. The normalized spacial score (nSPS) is 14.1. The van der Waals surface area contributed by atoms with Crippen molar-refractivity contribution in [2.24, 2.45) is 11.5 Å². The molecule has 0 unspecified atom stereocenters. The average Bonchev–Trinajstić information content (AvgIpc) is 2.86. The van der Waals surface area contributed by atoms with Crippen molar-refractivity contribution in [3.63, 3.8) is 0 Å². The minimum atomic E-state index is -1.05. The second kappa shape index (κ2) is 14.1. The quantitative estimate of drug-likeness (QED) is 0.181. The Kier molecular flexibility index (Phi) is 11.2. The number of thiol groups is 1. The number of phenols is 1. The van der Waals surface area contributed by atoms with Gasteiger partial charge in [-0.2, -0.15) is 12.6 Å². The number of carbonyl (C=O) groups is 4. The molecule has 4 atom stereocenters. The minimum Gasteiger partial charge on any atom is -0.508 e. The predicted octanol–water partition coefficient (Wildman–Crippen LogP) is -0.216. The van der Waals surface area contributed by atoms with Crippen molar-refractivity contribution >= 4 is 36.3 Å². The van der Waals surface area contributed by atoms with Crippen molar-refractivity contribution in [3.8, 4) is 5.75 Å². The van der Waals surface area contributed by atoms with Crippen LogP contribution < -0.4 is 27.4 Å². The zero-order valence-electron chi connectivity index (χ0n) is 20.0. The third-order valence-corrected chi connectivity index (χ3v) is 5.89. The zero-order valence-corrected chi connectivity index (χ0v) is 20.9. The van der Waals surface area contributed by atoms with Crippen molar-refractivity contribution in [1.29, 1.82) is 0 Å². The van der Waals surface area contributed by atoms with Crippen LogP contribution in [0.1, 0.15) is 24.5 Å². The van der Waals surface area contributed by atoms with Crippen LogP contribution in [0.2, 0.25) is 0 Å². The summed E-state index contributed by atoms with van der Waals surface area (Å²) in [4.78, 5) is 49.6. The van der Waals surface area contributed by atoms with Gasteiger partial charge < -0.3 is 32.5 Å². The summed E-state index contributed by atoms with van der Waals surface area (Å²) in [5.74, 6) is -2.41. The number of hydrogen-bond acceptors (Lipinski definition) is 7. The second-order valence-electron chi connectivity index (χ2n) is 8.44. The number of phenolic OH excluding ortho intramolecular Hbond substituents is 1. The number of aromatic hydroxyl groups is 1. The Hall–Kier alpha value is -3.57. The van der Waals surface area contributed by atoms with Gasteiger partial charge in [-0.15, -0.1) is 0 Å². The highest BCUT2D eigenvalue weighted by molar-refractivity contribution is 7.80. The van der Waals surface area contributed by atoms with Gasteiger partial charge in [-0.25, -0.2) is 0 Å². The first-order valence-electron chi connectivity index (χ1n) is 11.5. The molecule has 10 nitrogen and oxygen atoms in total. The number of carbonyl (C=O) groups excluding carboxylic acids is 4. The molecule has 0 bridgehead atoms. The first-order valence-corrected chi connectivity index (χ1v) is 12.1. The predicted molar refractivity (Wildman–Crippen MR) is 139 cm³/mol. The molecule has 0 radical (unpaired) electrons. The molecule has 36 heavy (non-hydrogen) atoms. The van der Waals surface area contributed by atoms with E-state index in [0.717, 1.165) is 11.1 Å². The van der Waals surface area contributed by atoms with E-state index < -0.39 is 47.8 Å². The summed E-state index contributed by atoms with van der Waals surface area (Å²) in [6, 6.07) is 11.8. The van der Waals surface area contributed by atoms with E-state index in [1.54, 1.807) is 12.1 Å². The number of nitrogens with two attached hydrogens (primary N) is 2. The van der Waals surface area contributed by atoms with Gasteiger partial charge in [0.15, 0.2) is 0 Å². The molecule has 2 rings (SSSR count). The third kappa shape index (κ3) is 9.23. The van der Waals surface area contributed by atoms with Gasteiger partial charge in [0.1, 0.15) is 23.9 Å². The lowest BCUT2D eigenvalue weighted by Gasteiger charge is -2.23. The maximum Gasteiger partial charge on any atom is 0.244 e. The first-order chi connectivity index (χ1) is 17.1. The van der Waals surface area contributed by atoms with Crippen molar-refractivity contribution in [2.45, 2.75) is 50.4 Å². The molecule has 0 fully saturated rings. The van der Waals surface area contributed by atoms with Gasteiger partial charge in [0.2, 0.25) is 23.6 Å². The monoisotopic (exact) mass is 515 g/mol. The van der Waals surface area contributed by atoms with Gasteiger partial charge in [-0.1, -0.05) is 42.5 Å². The van der Waals surface area contributed by atoms with Gasteiger partial charge in [-0.3, -0.25) is 19.2 Å². The smallest absolute Gasteiger partial charge is 0.244 e. The van der Waals surface area contributed by atoms with Gasteiger partial charge in [0.25, 0.3) is 0 Å². The molecule has 194 valence electrons. The summed E-state index contributed by atoms with van der Waals surface area (Å²) in [6.45, 7) is 1.46. The van der Waals surface area contributed by atoms with E-state index in [2.05, 4.69) is 28.6 Å². The van der Waals surface area contributed by atoms with Gasteiger partial charge in [-0.05, 0) is 49.4 Å². The third-order valence-electron chi connectivity index (χ3n) is 5.52. The van der Waals surface area contributed by atoms with Crippen LogP contribution in [-0.2, 0) is 32.0 Å². The van der Waals surface area contributed by atoms with E-state index in [1.165, 1.54) is 19.1 Å². The molecule has 0 heterocycles. The number of rotatable bonds is 13. The Labute approximate surface area is 215 Å². The molecule has 0 aliphatic heterocycles. The molecule has 0 aromatic heterocycles. The van der Waals surface area contributed by atoms with Crippen LogP contribution in [0.5, 0.6) is 5.75 Å². The summed E-state index contributed by atoms with van der Waals surface area (Å²) in [5.41, 5.74) is 13.1. The van der Waals surface area contributed by atoms with Crippen LogP contribution in [0.25, 0.3) is 0 Å². The van der Waals surface area contributed by atoms with Gasteiger partial charge in [0.05, 0.1) is 6.04 Å². The van der Waals surface area contributed by atoms with Gasteiger partial charge >= 0.3 is 0 Å². The van der Waals surface area contributed by atoms with E-state index in [9.17, 15) is 24.3 Å². The molecule has 0 spiro atoms. The van der Waals surface area contributed by atoms with Gasteiger partial charge in [0, 0.05) is 5.75 Å². The zero-order chi connectivity index (χ0) is 26.7. The summed E-state index contributed by atoms with van der Waals surface area (Å²) in [7, 11) is 0. The maximum atomic E-state index is 12.7. The lowest BCUT2D eigenvalue weighted by atomic mass is 10.0. The topological polar surface area (TPSA) is 177 Å². The second-order valence-corrected chi connectivity index (χ2v) is 8.80. The fourth-order valence-corrected chi connectivity index (χ4v) is 3.63. The van der Waals surface area contributed by atoms with Crippen LogP contribution in [0.15, 0.2) is 54.6 Å². The summed E-state index contributed by atoms with van der Waals surface area (Å²) in [5, 5.41) is 17.0. The minimum absolute atomic E-state index is 0.0389. The van der Waals surface area contributed by atoms with Crippen LogP contribution in [0.3, 0.4) is 0 Å². The molecule has 2 aromatic carbocycles. The molecule has 0 aliphatic carbocycles. The van der Waals surface area contributed by atoms with Crippen molar-refractivity contribution in [2.75, 3.05) is 5.75 Å². The highest BCUT2D eigenvalue weighted by Gasteiger charge is 2.27. The van der Waals surface area contributed by atoms with E-state index >= 15 is 0 Å². The highest BCUT2D eigenvalue weighted by atomic mass is 32.1. The standard InChI is InChI=1S/C25H33N5O5S/c1-15(28-24(34)19(26)13-17-7-10-18(31)11-8-17)23(33)30-21(14-36)25(35)29-20(22(27)32)12-9-16-5-3-2-4-6-16/h2-8,10-11,15,19-21,31,36H,9,12-14,26H2,1H3,(H2,27,32)(H,28,34)(H,29,35)(H,30,33)/t15-,19-,20-,21-/m0/s1. The number of primary amides is 1. The number of hydrogen-bond donors (Lipinski definition) is 7. The molecule has 0 saturated heterocycles. The molecule has 11 heteroatoms. The van der Waals surface area contributed by atoms with Crippen molar-refractivity contribution in [3.05, 3.63) is 65.7 Å². The number of nitrogens with one attached hydrogen (secondary N) is 3. The Morgan fingerprint density at radius 2 is 1.47 bits per heavy atom. The number of aryl methyl sites for hydroxylation is 1. The Morgan fingerprint density at radius 3 is 2.06 bits per heavy atom. The van der Waals surface area contributed by atoms with Crippen LogP contribution in [-0.4, -0.2) is 58.7 Å². The molecule has 8 N–H and O–H groups in total. The molecule has 4 amide bonds. The summed E-state index contributed by atoms with van der Waals surface area (Å²) >= 11 is 4.13. The van der Waals surface area contributed by atoms with E-state index in [4.69, 9.17) is 11.5 Å². The molecular weight excluding hydrogens is 482 g/mol. The van der Waals surface area contributed by atoms with Crippen molar-refractivity contribution in [1.82, 2.24) is 16.0 Å². The number of amides is 4. The average molecular weight is 516 g/mol. The van der Waals surface area contributed by atoms with Crippen LogP contribution in [0.4, 0.5) is 0 Å². The molecular formula is C25H33N5O5S. The van der Waals surface area contributed by atoms with E-state index in [-0.39, 0.29) is 17.9 Å². The highest BCUT2D eigenvalue weighted by Crippen LogP contribution is 2.11. The van der Waals surface area contributed by atoms with E-state index in [1.807, 2.05) is 30.3 Å². The molecule has 2 aromatic rings. The Balaban J connectivity index is 1.87. The maximum absolute atomic E-state index is 12.7. The fourth-order valence-electron chi connectivity index (χ4n) is 3.37. The first kappa shape index (κ1) is 28.7. The van der Waals surface area contributed by atoms with Crippen LogP contribution >= 0.6 is 12.6 Å². The lowest BCUT2D eigenvalue weighted by Crippen LogP contribution is -2.57. The Bertz CT molecular complexity index is 1030. The SMILES string of the molecule is C[C@H](NC(=O)[C@@H](N)Cc1ccc(O)cc1)C(=O)N[C@@H](CS)C(=O)N[C@@H](CCc1ccccc1)C(N)=O. The van der Waals surface area contributed by atoms with Crippen LogP contribution in [0, 0.1) is 0 Å². The van der Waals surface area contributed by atoms with Crippen molar-refractivity contribution < 1.29 is 24.3 Å². The van der Waals surface area contributed by atoms with E-state index in [0.29, 0.717) is 12.8 Å². The Morgan fingerprint density at radius 1 is 0.861 bits per heavy atom. The number of benzene rings is 2. The molecule has 0 saturated carbocycles. The molecule has 0 aliphatic rings. The fraction of sp³-hybridized carbons (Fsp3) is 0.360. The summed E-state index contributed by atoms with van der Waals surface area (Å²) < 4.78 is 0. The lowest BCUT2D eigenvalue weighted by molar-refractivity contribution is -0.132. The largest absolute Gasteiger partial charge is 0.508 e.